The zero-order chi connectivity index (χ0) is 14.2. The molecule has 0 spiro atoms. The summed E-state index contributed by atoms with van der Waals surface area (Å²) in [5.74, 6) is -2.51. The lowest BCUT2D eigenvalue weighted by Crippen LogP contribution is -2.15. The van der Waals surface area contributed by atoms with Crippen molar-refractivity contribution in [2.24, 2.45) is 0 Å². The Morgan fingerprint density at radius 3 is 2.68 bits per heavy atom. The molecule has 0 saturated carbocycles. The fourth-order valence-corrected chi connectivity index (χ4v) is 1.80. The molecule has 0 aliphatic carbocycles. The second-order valence-electron chi connectivity index (χ2n) is 3.76. The molecule has 0 fully saturated rings. The molecule has 2 aromatic rings. The number of aromatic nitrogens is 2. The Morgan fingerprint density at radius 2 is 2.16 bits per heavy atom. The number of alkyl halides is 3. The van der Waals surface area contributed by atoms with E-state index in [9.17, 15) is 18.0 Å². The van der Waals surface area contributed by atoms with Gasteiger partial charge in [0, 0.05) is 7.11 Å². The number of carboxylic acids is 1. The first-order valence-corrected chi connectivity index (χ1v) is 5.15. The molecule has 1 aromatic carbocycles. The predicted octanol–water partition coefficient (Wildman–Crippen LogP) is 2.36. The lowest BCUT2D eigenvalue weighted by molar-refractivity contribution is -0.148. The number of halogens is 3. The van der Waals surface area contributed by atoms with Gasteiger partial charge in [-0.25, -0.2) is 9.78 Å². The number of hydrogen-bond donors (Lipinski definition) is 1. The maximum Gasteiger partial charge on any atom is 0.449 e. The van der Waals surface area contributed by atoms with Crippen molar-refractivity contribution in [2.45, 2.75) is 12.9 Å². The second-order valence-corrected chi connectivity index (χ2v) is 3.76. The van der Waals surface area contributed by atoms with Gasteiger partial charge in [-0.2, -0.15) is 13.2 Å². The number of aromatic carboxylic acids is 1. The van der Waals surface area contributed by atoms with Gasteiger partial charge in [0.25, 0.3) is 0 Å². The summed E-state index contributed by atoms with van der Waals surface area (Å²) >= 11 is 0. The molecular weight excluding hydrogens is 265 g/mol. The molecule has 0 bridgehead atoms. The third-order valence-corrected chi connectivity index (χ3v) is 2.52. The van der Waals surface area contributed by atoms with E-state index in [4.69, 9.17) is 9.84 Å². The number of carboxylic acid groups (broad SMARTS) is 1. The normalized spacial score (nSPS) is 12.0. The van der Waals surface area contributed by atoms with Crippen LogP contribution in [0.15, 0.2) is 18.2 Å². The van der Waals surface area contributed by atoms with Crippen LogP contribution in [0.1, 0.15) is 16.2 Å². The highest BCUT2D eigenvalue weighted by Crippen LogP contribution is 2.32. The summed E-state index contributed by atoms with van der Waals surface area (Å²) in [7, 11) is 1.24. The summed E-state index contributed by atoms with van der Waals surface area (Å²) in [6.45, 7) is -0.367. The van der Waals surface area contributed by atoms with Gasteiger partial charge in [0.15, 0.2) is 0 Å². The number of rotatable bonds is 3. The number of hydrogen-bond acceptors (Lipinski definition) is 3. The van der Waals surface area contributed by atoms with E-state index in [0.29, 0.717) is 0 Å². The van der Waals surface area contributed by atoms with Crippen molar-refractivity contribution in [3.8, 4) is 0 Å². The van der Waals surface area contributed by atoms with Gasteiger partial charge in [-0.05, 0) is 12.1 Å². The van der Waals surface area contributed by atoms with Gasteiger partial charge in [0.05, 0.1) is 11.1 Å². The first kappa shape index (κ1) is 13.3. The maximum atomic E-state index is 12.9. The van der Waals surface area contributed by atoms with E-state index in [2.05, 4.69) is 4.98 Å². The minimum atomic E-state index is -4.69. The Kier molecular flexibility index (Phi) is 3.19. The molecule has 1 heterocycles. The fourth-order valence-electron chi connectivity index (χ4n) is 1.80. The minimum Gasteiger partial charge on any atom is -0.478 e. The van der Waals surface area contributed by atoms with Crippen LogP contribution in [0.25, 0.3) is 11.0 Å². The van der Waals surface area contributed by atoms with E-state index in [1.54, 1.807) is 0 Å². The van der Waals surface area contributed by atoms with Crippen molar-refractivity contribution in [1.82, 2.24) is 9.55 Å². The van der Waals surface area contributed by atoms with E-state index in [1.807, 2.05) is 0 Å². The average Bonchev–Trinajstić information content (AvgIpc) is 2.68. The lowest BCUT2D eigenvalue weighted by atomic mass is 10.2. The van der Waals surface area contributed by atoms with Crippen LogP contribution in [0.5, 0.6) is 0 Å². The van der Waals surface area contributed by atoms with Gasteiger partial charge in [-0.3, -0.25) is 4.57 Å². The Hall–Kier alpha value is -2.09. The molecule has 0 aliphatic heterocycles. The summed E-state index contributed by atoms with van der Waals surface area (Å²) in [6.07, 6.45) is -4.69. The molecule has 1 aromatic heterocycles. The number of carbonyl (C=O) groups is 1. The van der Waals surface area contributed by atoms with Crippen LogP contribution in [-0.4, -0.2) is 27.7 Å². The third-order valence-electron chi connectivity index (χ3n) is 2.52. The summed E-state index contributed by atoms with van der Waals surface area (Å²) in [5.41, 5.74) is -0.425. The Bertz CT molecular complexity index is 634. The monoisotopic (exact) mass is 274 g/mol. The summed E-state index contributed by atoms with van der Waals surface area (Å²) < 4.78 is 44.1. The zero-order valence-corrected chi connectivity index (χ0v) is 9.73. The van der Waals surface area contributed by atoms with Crippen LogP contribution < -0.4 is 0 Å². The van der Waals surface area contributed by atoms with Gasteiger partial charge >= 0.3 is 12.1 Å². The maximum absolute atomic E-state index is 12.9. The van der Waals surface area contributed by atoms with Crippen LogP contribution in [0.2, 0.25) is 0 Å². The minimum absolute atomic E-state index is 0.0640. The standard InChI is InChI=1S/C11H9F3N2O3/c1-19-5-16-7-4-2-3-6(9(17)18)8(7)15-10(16)11(12,13)14/h2-4H,5H2,1H3,(H,17,18). The van der Waals surface area contributed by atoms with Crippen LogP contribution >= 0.6 is 0 Å². The van der Waals surface area contributed by atoms with Crippen molar-refractivity contribution < 1.29 is 27.8 Å². The van der Waals surface area contributed by atoms with Crippen LogP contribution in [-0.2, 0) is 17.6 Å². The van der Waals surface area contributed by atoms with Gasteiger partial charge in [0.1, 0.15) is 12.2 Å². The largest absolute Gasteiger partial charge is 0.478 e. The van der Waals surface area contributed by atoms with Crippen molar-refractivity contribution in [1.29, 1.82) is 0 Å². The molecule has 8 heteroatoms. The molecule has 0 amide bonds. The molecule has 0 saturated heterocycles. The molecular formula is C11H9F3N2O3. The first-order chi connectivity index (χ1) is 8.86. The molecule has 2 rings (SSSR count). The van der Waals surface area contributed by atoms with Gasteiger partial charge < -0.3 is 9.84 Å². The van der Waals surface area contributed by atoms with Crippen molar-refractivity contribution in [3.05, 3.63) is 29.6 Å². The second kappa shape index (κ2) is 4.54. The molecule has 5 nitrogen and oxygen atoms in total. The predicted molar refractivity (Wildman–Crippen MR) is 58.7 cm³/mol. The van der Waals surface area contributed by atoms with Crippen molar-refractivity contribution in [2.75, 3.05) is 7.11 Å². The quantitative estimate of drug-likeness (QED) is 0.933. The molecule has 19 heavy (non-hydrogen) atoms. The van der Waals surface area contributed by atoms with E-state index in [0.717, 1.165) is 4.57 Å². The molecule has 0 unspecified atom stereocenters. The Balaban J connectivity index is 2.80. The summed E-state index contributed by atoms with van der Waals surface area (Å²) in [4.78, 5) is 14.4. The van der Waals surface area contributed by atoms with Crippen LogP contribution in [0.4, 0.5) is 13.2 Å². The lowest BCUT2D eigenvalue weighted by Gasteiger charge is -2.09. The Labute approximate surface area is 105 Å². The highest BCUT2D eigenvalue weighted by atomic mass is 19.4. The number of nitrogens with zero attached hydrogens (tertiary/aromatic N) is 2. The van der Waals surface area contributed by atoms with E-state index < -0.39 is 18.0 Å². The number of ether oxygens (including phenoxy) is 1. The van der Waals surface area contributed by atoms with Gasteiger partial charge in [-0.15, -0.1) is 0 Å². The van der Waals surface area contributed by atoms with Crippen LogP contribution in [0.3, 0.4) is 0 Å². The highest BCUT2D eigenvalue weighted by Gasteiger charge is 2.38. The smallest absolute Gasteiger partial charge is 0.449 e. The Morgan fingerprint density at radius 1 is 1.47 bits per heavy atom. The van der Waals surface area contributed by atoms with E-state index in [-0.39, 0.29) is 23.3 Å². The molecule has 0 atom stereocenters. The van der Waals surface area contributed by atoms with Crippen molar-refractivity contribution in [3.63, 3.8) is 0 Å². The number of fused-ring (bicyclic) bond motifs is 1. The van der Waals surface area contributed by atoms with Gasteiger partial charge in [0.2, 0.25) is 5.82 Å². The number of benzene rings is 1. The summed E-state index contributed by atoms with van der Waals surface area (Å²) in [5, 5.41) is 8.95. The molecule has 0 radical (unpaired) electrons. The first-order valence-electron chi connectivity index (χ1n) is 5.15. The van der Waals surface area contributed by atoms with E-state index >= 15 is 0 Å². The van der Waals surface area contributed by atoms with E-state index in [1.165, 1.54) is 25.3 Å². The fraction of sp³-hybridized carbons (Fsp3) is 0.273. The molecule has 1 N–H and O–H groups in total. The molecule has 0 aliphatic rings. The molecule has 102 valence electrons. The topological polar surface area (TPSA) is 64.4 Å². The van der Waals surface area contributed by atoms with Gasteiger partial charge in [-0.1, -0.05) is 6.07 Å². The number of para-hydroxylation sites is 1. The number of imidazole rings is 1. The van der Waals surface area contributed by atoms with Crippen LogP contribution in [0, 0.1) is 0 Å². The van der Waals surface area contributed by atoms with Crippen molar-refractivity contribution >= 4 is 17.0 Å². The summed E-state index contributed by atoms with van der Waals surface area (Å²) in [6, 6.07) is 3.93. The average molecular weight is 274 g/mol. The zero-order valence-electron chi connectivity index (χ0n) is 9.73. The highest BCUT2D eigenvalue weighted by molar-refractivity contribution is 6.01. The SMILES string of the molecule is COCn1c(C(F)(F)F)nc2c(C(=O)O)cccc21. The number of methoxy groups -OCH3 is 1. The third kappa shape index (κ3) is 2.26.